The van der Waals surface area contributed by atoms with Gasteiger partial charge in [0, 0.05) is 35.2 Å². The van der Waals surface area contributed by atoms with Crippen LogP contribution in [-0.4, -0.2) is 22.1 Å². The van der Waals surface area contributed by atoms with Gasteiger partial charge in [-0.05, 0) is 90.8 Å². The van der Waals surface area contributed by atoms with E-state index < -0.39 is 0 Å². The lowest BCUT2D eigenvalue weighted by molar-refractivity contribution is 0.0946. The summed E-state index contributed by atoms with van der Waals surface area (Å²) in [7, 11) is 0. The molecule has 0 spiro atoms. The molecule has 0 aliphatic carbocycles. The summed E-state index contributed by atoms with van der Waals surface area (Å²) >= 11 is 6.18. The maximum absolute atomic E-state index is 12.4. The van der Waals surface area contributed by atoms with Gasteiger partial charge in [-0.1, -0.05) is 49.7 Å². The number of fused-ring (bicyclic) bond motifs is 1. The van der Waals surface area contributed by atoms with Gasteiger partial charge in [0.15, 0.2) is 0 Å². The van der Waals surface area contributed by atoms with Crippen molar-refractivity contribution in [1.82, 2.24) is 9.88 Å². The van der Waals surface area contributed by atoms with Gasteiger partial charge in [-0.2, -0.15) is 0 Å². The van der Waals surface area contributed by atoms with Gasteiger partial charge in [0.2, 0.25) is 0 Å². The van der Waals surface area contributed by atoms with Crippen LogP contribution in [0.2, 0.25) is 5.02 Å². The van der Waals surface area contributed by atoms with Crippen molar-refractivity contribution < 1.29 is 9.90 Å². The number of phenols is 1. The molecule has 5 heteroatoms. The summed E-state index contributed by atoms with van der Waals surface area (Å²) in [5.41, 5.74) is 6.69. The molecule has 4 rings (SSSR count). The Labute approximate surface area is 212 Å². The second-order valence-corrected chi connectivity index (χ2v) is 10.6. The lowest BCUT2D eigenvalue weighted by Gasteiger charge is -2.27. The topological polar surface area (TPSA) is 54.3 Å². The molecule has 35 heavy (non-hydrogen) atoms. The van der Waals surface area contributed by atoms with Crippen molar-refractivity contribution in [2.75, 3.05) is 6.54 Å². The molecular formula is C30H33ClN2O2. The predicted octanol–water partition coefficient (Wildman–Crippen LogP) is 7.05. The van der Waals surface area contributed by atoms with Crippen molar-refractivity contribution in [3.05, 3.63) is 99.7 Å². The molecule has 0 saturated carbocycles. The van der Waals surface area contributed by atoms with E-state index in [2.05, 4.69) is 62.0 Å². The van der Waals surface area contributed by atoms with Crippen LogP contribution in [0.3, 0.4) is 0 Å². The number of phenolic OH excluding ortho intramolecular Hbond substituents is 1. The number of aromatic nitrogens is 1. The molecule has 4 aromatic rings. The first-order chi connectivity index (χ1) is 16.6. The summed E-state index contributed by atoms with van der Waals surface area (Å²) in [5, 5.41) is 14.9. The minimum Gasteiger partial charge on any atom is -0.507 e. The number of para-hydroxylation sites is 1. The highest BCUT2D eigenvalue weighted by Crippen LogP contribution is 2.33. The maximum atomic E-state index is 12.4. The number of amides is 1. The van der Waals surface area contributed by atoms with Gasteiger partial charge >= 0.3 is 0 Å². The molecule has 1 aromatic heterocycles. The Bertz CT molecular complexity index is 1370. The number of hydrogen-bond donors (Lipinski definition) is 2. The van der Waals surface area contributed by atoms with Crippen LogP contribution in [0.1, 0.15) is 52.9 Å². The van der Waals surface area contributed by atoms with Gasteiger partial charge in [-0.3, -0.25) is 4.79 Å². The standard InChI is InChI=1S/C30H33ClN2O2/c1-20-16-27-24(12-15-33(27)19-22-8-7-9-23(31)17-22)21(2)26(20)18-30(3,4)13-14-32-29(35)25-10-5-6-11-28(25)34/h5-12,15-17,34H,13-14,18-19H2,1-4H3,(H,32,35). The van der Waals surface area contributed by atoms with Gasteiger partial charge in [-0.25, -0.2) is 0 Å². The molecule has 1 amide bonds. The van der Waals surface area contributed by atoms with Gasteiger partial charge in [0.05, 0.1) is 5.56 Å². The van der Waals surface area contributed by atoms with E-state index in [1.165, 1.54) is 39.2 Å². The number of halogens is 1. The quantitative estimate of drug-likeness (QED) is 0.279. The summed E-state index contributed by atoms with van der Waals surface area (Å²) in [5.74, 6) is -0.236. The molecule has 0 radical (unpaired) electrons. The van der Waals surface area contributed by atoms with Gasteiger partial charge in [0.25, 0.3) is 5.91 Å². The minimum atomic E-state index is -0.242. The second kappa shape index (κ2) is 10.2. The smallest absolute Gasteiger partial charge is 0.255 e. The Hall–Kier alpha value is -3.24. The van der Waals surface area contributed by atoms with Crippen LogP contribution >= 0.6 is 11.6 Å². The molecule has 182 valence electrons. The number of carbonyl (C=O) groups is 1. The zero-order chi connectivity index (χ0) is 25.2. The third-order valence-electron chi connectivity index (χ3n) is 6.83. The Balaban J connectivity index is 1.47. The fourth-order valence-corrected chi connectivity index (χ4v) is 5.01. The summed E-state index contributed by atoms with van der Waals surface area (Å²) in [6.45, 7) is 10.2. The molecule has 0 atom stereocenters. The molecule has 0 aliphatic rings. The summed E-state index contributed by atoms with van der Waals surface area (Å²) in [6, 6.07) is 19.1. The molecule has 3 aromatic carbocycles. The SMILES string of the molecule is Cc1cc2c(ccn2Cc2cccc(Cl)c2)c(C)c1CC(C)(C)CCNC(=O)c1ccccc1O. The number of carbonyl (C=O) groups excluding carboxylic acids is 1. The van der Waals surface area contributed by atoms with Crippen LogP contribution in [-0.2, 0) is 13.0 Å². The number of aryl methyl sites for hydroxylation is 2. The highest BCUT2D eigenvalue weighted by molar-refractivity contribution is 6.30. The van der Waals surface area contributed by atoms with Crippen LogP contribution in [0.15, 0.2) is 66.9 Å². The fraction of sp³-hybridized carbons (Fsp3) is 0.300. The lowest BCUT2D eigenvalue weighted by Crippen LogP contribution is -2.29. The van der Waals surface area contributed by atoms with Gasteiger partial charge in [-0.15, -0.1) is 0 Å². The Morgan fingerprint density at radius 1 is 1.06 bits per heavy atom. The highest BCUT2D eigenvalue weighted by atomic mass is 35.5. The van der Waals surface area contributed by atoms with E-state index in [0.717, 1.165) is 24.4 Å². The number of rotatable bonds is 8. The van der Waals surface area contributed by atoms with E-state index >= 15 is 0 Å². The molecule has 0 fully saturated rings. The third kappa shape index (κ3) is 5.71. The molecular weight excluding hydrogens is 456 g/mol. The van der Waals surface area contributed by atoms with Crippen molar-refractivity contribution in [3.63, 3.8) is 0 Å². The molecule has 4 nitrogen and oxygen atoms in total. The van der Waals surface area contributed by atoms with Crippen molar-refractivity contribution >= 4 is 28.4 Å². The van der Waals surface area contributed by atoms with Crippen LogP contribution in [0.25, 0.3) is 10.9 Å². The number of nitrogens with one attached hydrogen (secondary N) is 1. The molecule has 0 aliphatic heterocycles. The first-order valence-electron chi connectivity index (χ1n) is 12.0. The Kier molecular flexibility index (Phi) is 7.23. The Morgan fingerprint density at radius 2 is 1.83 bits per heavy atom. The summed E-state index contributed by atoms with van der Waals surface area (Å²) in [4.78, 5) is 12.4. The monoisotopic (exact) mass is 488 g/mol. The Morgan fingerprint density at radius 3 is 2.57 bits per heavy atom. The molecule has 1 heterocycles. The van der Waals surface area contributed by atoms with E-state index in [1.54, 1.807) is 18.2 Å². The van der Waals surface area contributed by atoms with Crippen molar-refractivity contribution in [2.45, 2.75) is 47.1 Å². The number of aromatic hydroxyl groups is 1. The number of benzene rings is 3. The molecule has 0 unspecified atom stereocenters. The third-order valence-corrected chi connectivity index (χ3v) is 7.06. The first-order valence-corrected chi connectivity index (χ1v) is 12.4. The normalized spacial score (nSPS) is 11.7. The van der Waals surface area contributed by atoms with Crippen molar-refractivity contribution in [2.24, 2.45) is 5.41 Å². The fourth-order valence-electron chi connectivity index (χ4n) is 4.80. The average molecular weight is 489 g/mol. The largest absolute Gasteiger partial charge is 0.507 e. The average Bonchev–Trinajstić information content (AvgIpc) is 3.19. The van der Waals surface area contributed by atoms with Crippen LogP contribution < -0.4 is 5.32 Å². The van der Waals surface area contributed by atoms with Crippen molar-refractivity contribution in [3.8, 4) is 5.75 Å². The van der Waals surface area contributed by atoms with Crippen molar-refractivity contribution in [1.29, 1.82) is 0 Å². The van der Waals surface area contributed by atoms with E-state index in [1.807, 2.05) is 18.2 Å². The van der Waals surface area contributed by atoms with E-state index in [-0.39, 0.29) is 17.1 Å². The van der Waals surface area contributed by atoms with Crippen LogP contribution in [0.5, 0.6) is 5.75 Å². The zero-order valence-corrected chi connectivity index (χ0v) is 21.6. The molecule has 2 N–H and O–H groups in total. The predicted molar refractivity (Wildman–Crippen MR) is 145 cm³/mol. The van der Waals surface area contributed by atoms with Crippen LogP contribution in [0, 0.1) is 19.3 Å². The van der Waals surface area contributed by atoms with Gasteiger partial charge in [0.1, 0.15) is 5.75 Å². The highest BCUT2D eigenvalue weighted by Gasteiger charge is 2.22. The second-order valence-electron chi connectivity index (χ2n) is 10.2. The minimum absolute atomic E-state index is 0.00143. The first kappa shape index (κ1) is 24.9. The number of nitrogens with zero attached hydrogens (tertiary/aromatic N) is 1. The lowest BCUT2D eigenvalue weighted by atomic mass is 9.79. The summed E-state index contributed by atoms with van der Waals surface area (Å²) in [6.07, 6.45) is 3.91. The van der Waals surface area contributed by atoms with Gasteiger partial charge < -0.3 is 15.0 Å². The maximum Gasteiger partial charge on any atom is 0.255 e. The number of hydrogen-bond acceptors (Lipinski definition) is 2. The molecule has 0 saturated heterocycles. The zero-order valence-electron chi connectivity index (χ0n) is 20.9. The molecule has 0 bridgehead atoms. The summed E-state index contributed by atoms with van der Waals surface area (Å²) < 4.78 is 2.28. The van der Waals surface area contributed by atoms with Crippen LogP contribution in [0.4, 0.5) is 0 Å². The van der Waals surface area contributed by atoms with E-state index in [4.69, 9.17) is 11.6 Å². The van der Waals surface area contributed by atoms with E-state index in [9.17, 15) is 9.90 Å². The van der Waals surface area contributed by atoms with E-state index in [0.29, 0.717) is 12.1 Å².